The number of hydrogen-bond donors (Lipinski definition) is 2. The molecule has 0 saturated carbocycles. The maximum absolute atomic E-state index is 11.9. The molecule has 7 nitrogen and oxygen atoms in total. The minimum atomic E-state index is -1.23. The van der Waals surface area contributed by atoms with Crippen LogP contribution in [0.15, 0.2) is 34.9 Å². The summed E-state index contributed by atoms with van der Waals surface area (Å²) in [6.45, 7) is 0. The topological polar surface area (TPSA) is 102 Å². The van der Waals surface area contributed by atoms with Crippen molar-refractivity contribution in [2.45, 2.75) is 0 Å². The molecule has 19 heavy (non-hydrogen) atoms. The van der Waals surface area contributed by atoms with E-state index in [0.717, 1.165) is 6.26 Å². The van der Waals surface area contributed by atoms with Crippen LogP contribution in [0.4, 0.5) is 6.01 Å². The molecule has 0 saturated heterocycles. The van der Waals surface area contributed by atoms with Crippen LogP contribution in [-0.4, -0.2) is 29.1 Å². The Morgan fingerprint density at radius 2 is 2.11 bits per heavy atom. The number of hydrogen-bond acceptors (Lipinski definition) is 5. The number of carboxylic acids is 1. The summed E-state index contributed by atoms with van der Waals surface area (Å²) < 4.78 is 9.87. The Kier molecular flexibility index (Phi) is 3.46. The van der Waals surface area contributed by atoms with Gasteiger partial charge in [-0.1, -0.05) is 12.1 Å². The number of ether oxygens (including phenoxy) is 1. The van der Waals surface area contributed by atoms with Crippen LogP contribution in [0.2, 0.25) is 0 Å². The van der Waals surface area contributed by atoms with Gasteiger partial charge in [0, 0.05) is 0 Å². The molecular formula is C12H10N2O5. The van der Waals surface area contributed by atoms with Gasteiger partial charge in [0.15, 0.2) is 5.69 Å². The van der Waals surface area contributed by atoms with Gasteiger partial charge in [-0.3, -0.25) is 10.1 Å². The van der Waals surface area contributed by atoms with Gasteiger partial charge >= 0.3 is 12.0 Å². The number of nitrogens with one attached hydrogen (secondary N) is 1. The molecule has 0 aliphatic rings. The molecule has 0 radical (unpaired) electrons. The van der Waals surface area contributed by atoms with Crippen molar-refractivity contribution >= 4 is 17.9 Å². The Bertz CT molecular complexity index is 620. The minimum Gasteiger partial charge on any atom is -0.496 e. The van der Waals surface area contributed by atoms with Crippen LogP contribution in [0, 0.1) is 0 Å². The van der Waals surface area contributed by atoms with Crippen molar-refractivity contribution in [2.24, 2.45) is 0 Å². The Balaban J connectivity index is 2.18. The van der Waals surface area contributed by atoms with Gasteiger partial charge in [-0.05, 0) is 12.1 Å². The van der Waals surface area contributed by atoms with Gasteiger partial charge in [-0.25, -0.2) is 4.79 Å². The van der Waals surface area contributed by atoms with Gasteiger partial charge < -0.3 is 14.3 Å². The molecule has 98 valence electrons. The van der Waals surface area contributed by atoms with Gasteiger partial charge in [-0.15, -0.1) is 0 Å². The van der Waals surface area contributed by atoms with Crippen LogP contribution in [0.5, 0.6) is 5.75 Å². The lowest BCUT2D eigenvalue weighted by Crippen LogP contribution is -2.13. The third-order valence-corrected chi connectivity index (χ3v) is 2.30. The SMILES string of the molecule is COc1ccccc1C(=O)Nc1nc(C(=O)O)co1. The summed E-state index contributed by atoms with van der Waals surface area (Å²) in [4.78, 5) is 26.1. The van der Waals surface area contributed by atoms with Crippen LogP contribution < -0.4 is 10.1 Å². The molecule has 0 bridgehead atoms. The van der Waals surface area contributed by atoms with Crippen molar-refractivity contribution < 1.29 is 23.8 Å². The standard InChI is InChI=1S/C12H10N2O5/c1-18-9-5-3-2-4-7(9)10(15)14-12-13-8(6-19-12)11(16)17/h2-6H,1H3,(H,16,17)(H,13,14,15). The number of rotatable bonds is 4. The van der Waals surface area contributed by atoms with E-state index in [0.29, 0.717) is 11.3 Å². The van der Waals surface area contributed by atoms with E-state index in [2.05, 4.69) is 10.3 Å². The summed E-state index contributed by atoms with van der Waals surface area (Å²) in [7, 11) is 1.44. The lowest BCUT2D eigenvalue weighted by molar-refractivity contribution is 0.0690. The molecule has 1 heterocycles. The second-order valence-electron chi connectivity index (χ2n) is 3.50. The first-order valence-electron chi connectivity index (χ1n) is 5.25. The highest BCUT2D eigenvalue weighted by Crippen LogP contribution is 2.18. The van der Waals surface area contributed by atoms with Crippen LogP contribution in [-0.2, 0) is 0 Å². The maximum Gasteiger partial charge on any atom is 0.357 e. The summed E-state index contributed by atoms with van der Waals surface area (Å²) in [5, 5.41) is 11.0. The highest BCUT2D eigenvalue weighted by atomic mass is 16.5. The average molecular weight is 262 g/mol. The van der Waals surface area contributed by atoms with Crippen LogP contribution in [0.25, 0.3) is 0 Å². The summed E-state index contributed by atoms with van der Waals surface area (Å²) in [6.07, 6.45) is 0.945. The summed E-state index contributed by atoms with van der Waals surface area (Å²) in [5.74, 6) is -1.34. The first-order valence-corrected chi connectivity index (χ1v) is 5.25. The predicted molar refractivity (Wildman–Crippen MR) is 64.4 cm³/mol. The van der Waals surface area contributed by atoms with Crippen molar-refractivity contribution in [1.82, 2.24) is 4.98 Å². The average Bonchev–Trinajstić information content (AvgIpc) is 2.87. The lowest BCUT2D eigenvalue weighted by Gasteiger charge is -2.06. The van der Waals surface area contributed by atoms with E-state index in [1.165, 1.54) is 7.11 Å². The molecule has 0 aliphatic carbocycles. The molecule has 0 aliphatic heterocycles. The summed E-state index contributed by atoms with van der Waals surface area (Å²) in [5.41, 5.74) is 0.00963. The molecule has 1 aromatic heterocycles. The number of nitrogens with zero attached hydrogens (tertiary/aromatic N) is 1. The highest BCUT2D eigenvalue weighted by molar-refractivity contribution is 6.05. The van der Waals surface area contributed by atoms with Crippen molar-refractivity contribution in [3.8, 4) is 5.75 Å². The van der Waals surface area contributed by atoms with E-state index in [-0.39, 0.29) is 11.7 Å². The largest absolute Gasteiger partial charge is 0.496 e. The fraction of sp³-hybridized carbons (Fsp3) is 0.0833. The number of carbonyl (C=O) groups excluding carboxylic acids is 1. The van der Waals surface area contributed by atoms with Gasteiger partial charge in [0.25, 0.3) is 5.91 Å². The molecule has 7 heteroatoms. The number of amides is 1. The maximum atomic E-state index is 11.9. The number of anilines is 1. The monoisotopic (exact) mass is 262 g/mol. The van der Waals surface area contributed by atoms with E-state index in [4.69, 9.17) is 14.3 Å². The molecular weight excluding hydrogens is 252 g/mol. The van der Waals surface area contributed by atoms with E-state index >= 15 is 0 Å². The summed E-state index contributed by atoms with van der Waals surface area (Å²) in [6, 6.07) is 6.41. The first-order chi connectivity index (χ1) is 9.11. The number of methoxy groups -OCH3 is 1. The Morgan fingerprint density at radius 1 is 1.37 bits per heavy atom. The van der Waals surface area contributed by atoms with Gasteiger partial charge in [0.2, 0.25) is 0 Å². The molecule has 2 rings (SSSR count). The van der Waals surface area contributed by atoms with Crippen molar-refractivity contribution in [3.05, 3.63) is 41.8 Å². The predicted octanol–water partition coefficient (Wildman–Crippen LogP) is 1.63. The zero-order valence-electron chi connectivity index (χ0n) is 9.91. The van der Waals surface area contributed by atoms with Crippen molar-refractivity contribution in [1.29, 1.82) is 0 Å². The van der Waals surface area contributed by atoms with E-state index in [9.17, 15) is 9.59 Å². The number of para-hydroxylation sites is 1. The first kappa shape index (κ1) is 12.6. The molecule has 1 amide bonds. The third kappa shape index (κ3) is 2.71. The Morgan fingerprint density at radius 3 is 2.74 bits per heavy atom. The molecule has 0 unspecified atom stereocenters. The number of carbonyl (C=O) groups is 2. The van der Waals surface area contributed by atoms with Crippen LogP contribution in [0.1, 0.15) is 20.8 Å². The second-order valence-corrected chi connectivity index (χ2v) is 3.50. The highest BCUT2D eigenvalue weighted by Gasteiger charge is 2.16. The molecule has 2 N–H and O–H groups in total. The molecule has 0 fully saturated rings. The third-order valence-electron chi connectivity index (χ3n) is 2.30. The number of oxazole rings is 1. The molecule has 0 spiro atoms. The quantitative estimate of drug-likeness (QED) is 0.868. The number of aromatic nitrogens is 1. The van der Waals surface area contributed by atoms with Crippen LogP contribution in [0.3, 0.4) is 0 Å². The van der Waals surface area contributed by atoms with E-state index < -0.39 is 11.9 Å². The normalized spacial score (nSPS) is 9.95. The van der Waals surface area contributed by atoms with Crippen molar-refractivity contribution in [2.75, 3.05) is 12.4 Å². The fourth-order valence-electron chi connectivity index (χ4n) is 1.43. The summed E-state index contributed by atoms with van der Waals surface area (Å²) >= 11 is 0. The fourth-order valence-corrected chi connectivity index (χ4v) is 1.43. The van der Waals surface area contributed by atoms with Crippen LogP contribution >= 0.6 is 0 Å². The van der Waals surface area contributed by atoms with Crippen molar-refractivity contribution in [3.63, 3.8) is 0 Å². The van der Waals surface area contributed by atoms with Gasteiger partial charge in [-0.2, -0.15) is 4.98 Å². The van der Waals surface area contributed by atoms with Gasteiger partial charge in [0.1, 0.15) is 12.0 Å². The number of carboxylic acid groups (broad SMARTS) is 1. The zero-order valence-corrected chi connectivity index (χ0v) is 9.91. The number of aromatic carboxylic acids is 1. The van der Waals surface area contributed by atoms with E-state index in [1.54, 1.807) is 24.3 Å². The van der Waals surface area contributed by atoms with E-state index in [1.807, 2.05) is 0 Å². The minimum absolute atomic E-state index is 0.187. The zero-order chi connectivity index (χ0) is 13.8. The lowest BCUT2D eigenvalue weighted by atomic mass is 10.2. The Labute approximate surface area is 107 Å². The smallest absolute Gasteiger partial charge is 0.357 e. The molecule has 1 aromatic carbocycles. The number of benzene rings is 1. The molecule has 2 aromatic rings. The van der Waals surface area contributed by atoms with Gasteiger partial charge in [0.05, 0.1) is 12.7 Å². The second kappa shape index (κ2) is 5.21. The Hall–Kier alpha value is -2.83. The molecule has 0 atom stereocenters.